The number of carbonyl (C=O) groups is 2. The largest absolute Gasteiger partial charge is 0.444 e. The first-order valence-corrected chi connectivity index (χ1v) is 8.18. The van der Waals surface area contributed by atoms with Gasteiger partial charge in [-0.15, -0.1) is 0 Å². The summed E-state index contributed by atoms with van der Waals surface area (Å²) in [7, 11) is 3.55. The standard InChI is InChI=1S/C16H29N3O4/c1-15(2,3)23-14(21)18-7-9-19(10-8-18)16(6-11-22-12-16)13(20)17(4)5/h6-12H2,1-5H3. The van der Waals surface area contributed by atoms with Crippen LogP contribution in [0, 0.1) is 0 Å². The number of ether oxygens (including phenoxy) is 2. The van der Waals surface area contributed by atoms with E-state index in [9.17, 15) is 9.59 Å². The predicted molar refractivity (Wildman–Crippen MR) is 86.2 cm³/mol. The van der Waals surface area contributed by atoms with Crippen molar-refractivity contribution in [2.24, 2.45) is 0 Å². The molecule has 2 aliphatic rings. The van der Waals surface area contributed by atoms with Crippen LogP contribution in [0.4, 0.5) is 4.79 Å². The molecule has 0 N–H and O–H groups in total. The predicted octanol–water partition coefficient (Wildman–Crippen LogP) is 0.786. The second-order valence-corrected chi connectivity index (χ2v) is 7.49. The molecular weight excluding hydrogens is 298 g/mol. The Morgan fingerprint density at radius 1 is 1.13 bits per heavy atom. The summed E-state index contributed by atoms with van der Waals surface area (Å²) in [5, 5.41) is 0. The Morgan fingerprint density at radius 2 is 1.74 bits per heavy atom. The molecule has 2 heterocycles. The van der Waals surface area contributed by atoms with Gasteiger partial charge in [-0.25, -0.2) is 4.79 Å². The minimum absolute atomic E-state index is 0.0840. The normalized spacial score (nSPS) is 26.2. The van der Waals surface area contributed by atoms with Gasteiger partial charge in [0.1, 0.15) is 11.1 Å². The highest BCUT2D eigenvalue weighted by molar-refractivity contribution is 5.86. The van der Waals surface area contributed by atoms with Gasteiger partial charge in [-0.2, -0.15) is 0 Å². The van der Waals surface area contributed by atoms with E-state index in [0.29, 0.717) is 45.8 Å². The van der Waals surface area contributed by atoms with Gasteiger partial charge in [-0.1, -0.05) is 0 Å². The van der Waals surface area contributed by atoms with E-state index in [1.165, 1.54) is 0 Å². The molecule has 2 rings (SSSR count). The molecule has 0 bridgehead atoms. The van der Waals surface area contributed by atoms with Gasteiger partial charge < -0.3 is 19.3 Å². The zero-order chi connectivity index (χ0) is 17.3. The Balaban J connectivity index is 2.00. The van der Waals surface area contributed by atoms with E-state index < -0.39 is 11.1 Å². The van der Waals surface area contributed by atoms with Crippen molar-refractivity contribution in [3.8, 4) is 0 Å². The Kier molecular flexibility index (Phi) is 5.20. The fourth-order valence-electron chi connectivity index (χ4n) is 3.17. The van der Waals surface area contributed by atoms with E-state index in [-0.39, 0.29) is 12.0 Å². The lowest BCUT2D eigenvalue weighted by Crippen LogP contribution is -2.64. The van der Waals surface area contributed by atoms with Crippen LogP contribution in [0.1, 0.15) is 27.2 Å². The summed E-state index contributed by atoms with van der Waals surface area (Å²) in [4.78, 5) is 30.3. The van der Waals surface area contributed by atoms with Crippen LogP contribution < -0.4 is 0 Å². The Labute approximate surface area is 138 Å². The summed E-state index contributed by atoms with van der Waals surface area (Å²) < 4.78 is 10.9. The van der Waals surface area contributed by atoms with Crippen LogP contribution in [0.2, 0.25) is 0 Å². The molecule has 2 fully saturated rings. The van der Waals surface area contributed by atoms with Crippen molar-refractivity contribution < 1.29 is 19.1 Å². The molecule has 0 aromatic rings. The molecule has 23 heavy (non-hydrogen) atoms. The Hall–Kier alpha value is -1.34. The van der Waals surface area contributed by atoms with Crippen molar-refractivity contribution in [3.63, 3.8) is 0 Å². The molecule has 0 aromatic carbocycles. The van der Waals surface area contributed by atoms with E-state index >= 15 is 0 Å². The molecule has 0 spiro atoms. The third-order valence-electron chi connectivity index (χ3n) is 4.34. The highest BCUT2D eigenvalue weighted by Gasteiger charge is 2.49. The summed E-state index contributed by atoms with van der Waals surface area (Å²) in [5.41, 5.74) is -1.07. The first-order chi connectivity index (χ1) is 10.7. The zero-order valence-corrected chi connectivity index (χ0v) is 14.9. The highest BCUT2D eigenvalue weighted by Crippen LogP contribution is 2.29. The lowest BCUT2D eigenvalue weighted by Gasteiger charge is -2.44. The fraction of sp³-hybridized carbons (Fsp3) is 0.875. The van der Waals surface area contributed by atoms with Crippen molar-refractivity contribution >= 4 is 12.0 Å². The van der Waals surface area contributed by atoms with Gasteiger partial charge in [-0.3, -0.25) is 9.69 Å². The van der Waals surface area contributed by atoms with Crippen LogP contribution in [-0.2, 0) is 14.3 Å². The zero-order valence-electron chi connectivity index (χ0n) is 14.9. The number of amides is 2. The van der Waals surface area contributed by atoms with E-state index in [1.807, 2.05) is 20.8 Å². The number of rotatable bonds is 2. The SMILES string of the molecule is CN(C)C(=O)C1(N2CCN(C(=O)OC(C)(C)C)CC2)CCOC1. The van der Waals surface area contributed by atoms with Crippen molar-refractivity contribution in [2.75, 3.05) is 53.5 Å². The molecule has 0 aromatic heterocycles. The molecule has 2 saturated heterocycles. The van der Waals surface area contributed by atoms with E-state index in [1.54, 1.807) is 23.9 Å². The van der Waals surface area contributed by atoms with Crippen molar-refractivity contribution in [1.82, 2.24) is 14.7 Å². The smallest absolute Gasteiger partial charge is 0.410 e. The third kappa shape index (κ3) is 3.95. The molecule has 7 nitrogen and oxygen atoms in total. The van der Waals surface area contributed by atoms with E-state index in [0.717, 1.165) is 0 Å². The maximum Gasteiger partial charge on any atom is 0.410 e. The monoisotopic (exact) mass is 327 g/mol. The van der Waals surface area contributed by atoms with Crippen LogP contribution >= 0.6 is 0 Å². The van der Waals surface area contributed by atoms with E-state index in [4.69, 9.17) is 9.47 Å². The first-order valence-electron chi connectivity index (χ1n) is 8.18. The quantitative estimate of drug-likeness (QED) is 0.750. The van der Waals surface area contributed by atoms with Gasteiger partial charge in [0.15, 0.2) is 0 Å². The van der Waals surface area contributed by atoms with Gasteiger partial charge >= 0.3 is 6.09 Å². The number of hydrogen-bond acceptors (Lipinski definition) is 5. The van der Waals surface area contributed by atoms with Gasteiger partial charge in [-0.05, 0) is 20.8 Å². The molecule has 132 valence electrons. The fourth-order valence-corrected chi connectivity index (χ4v) is 3.17. The van der Waals surface area contributed by atoms with Crippen LogP contribution in [0.3, 0.4) is 0 Å². The molecule has 1 unspecified atom stereocenters. The molecule has 0 aliphatic carbocycles. The van der Waals surface area contributed by atoms with Crippen molar-refractivity contribution in [3.05, 3.63) is 0 Å². The third-order valence-corrected chi connectivity index (χ3v) is 4.34. The van der Waals surface area contributed by atoms with Crippen molar-refractivity contribution in [2.45, 2.75) is 38.3 Å². The Morgan fingerprint density at radius 3 is 2.17 bits per heavy atom. The van der Waals surface area contributed by atoms with Gasteiger partial charge in [0.25, 0.3) is 0 Å². The van der Waals surface area contributed by atoms with Gasteiger partial charge in [0.2, 0.25) is 5.91 Å². The number of piperazine rings is 1. The summed E-state index contributed by atoms with van der Waals surface area (Å²) >= 11 is 0. The summed E-state index contributed by atoms with van der Waals surface area (Å²) in [6.07, 6.45) is 0.420. The van der Waals surface area contributed by atoms with Crippen LogP contribution in [0.5, 0.6) is 0 Å². The Bertz CT molecular complexity index is 445. The minimum Gasteiger partial charge on any atom is -0.444 e. The molecule has 0 saturated carbocycles. The second kappa shape index (κ2) is 6.65. The number of hydrogen-bond donors (Lipinski definition) is 0. The molecule has 2 aliphatic heterocycles. The maximum absolute atomic E-state index is 12.7. The second-order valence-electron chi connectivity index (χ2n) is 7.49. The molecule has 7 heteroatoms. The van der Waals surface area contributed by atoms with Gasteiger partial charge in [0.05, 0.1) is 6.61 Å². The van der Waals surface area contributed by atoms with Crippen molar-refractivity contribution in [1.29, 1.82) is 0 Å². The summed E-state index contributed by atoms with van der Waals surface area (Å²) in [6, 6.07) is 0. The summed E-state index contributed by atoms with van der Waals surface area (Å²) in [5.74, 6) is 0.0840. The highest BCUT2D eigenvalue weighted by atomic mass is 16.6. The minimum atomic E-state index is -0.580. The topological polar surface area (TPSA) is 62.3 Å². The van der Waals surface area contributed by atoms with Crippen LogP contribution in [-0.4, -0.2) is 91.3 Å². The number of likely N-dealkylation sites (N-methyl/N-ethyl adjacent to an activating group) is 1. The average molecular weight is 327 g/mol. The average Bonchev–Trinajstić information content (AvgIpc) is 2.95. The molecular formula is C16H29N3O4. The first kappa shape index (κ1) is 18.0. The summed E-state index contributed by atoms with van der Waals surface area (Å²) in [6.45, 7) is 9.06. The molecule has 0 radical (unpaired) electrons. The number of carbonyl (C=O) groups excluding carboxylic acids is 2. The maximum atomic E-state index is 12.7. The lowest BCUT2D eigenvalue weighted by molar-refractivity contribution is -0.143. The van der Waals surface area contributed by atoms with Crippen LogP contribution in [0.25, 0.3) is 0 Å². The molecule has 2 amide bonds. The van der Waals surface area contributed by atoms with E-state index in [2.05, 4.69) is 4.90 Å². The molecule has 1 atom stereocenters. The lowest BCUT2D eigenvalue weighted by atomic mass is 9.93. The number of nitrogens with zero attached hydrogens (tertiary/aromatic N) is 3. The van der Waals surface area contributed by atoms with Crippen LogP contribution in [0.15, 0.2) is 0 Å². The van der Waals surface area contributed by atoms with Gasteiger partial charge in [0, 0.05) is 53.3 Å².